The lowest BCUT2D eigenvalue weighted by molar-refractivity contribution is 0.313. The lowest BCUT2D eigenvalue weighted by Crippen LogP contribution is -2.44. The lowest BCUT2D eigenvalue weighted by atomic mass is 10.1. The number of likely N-dealkylation sites (N-methyl/N-ethyl adjacent to an activating group) is 1. The topological polar surface area (TPSA) is 61.0 Å². The summed E-state index contributed by atoms with van der Waals surface area (Å²) >= 11 is 0. The minimum atomic E-state index is 0.630. The molecule has 0 radical (unpaired) electrons. The molecule has 3 rings (SSSR count). The summed E-state index contributed by atoms with van der Waals surface area (Å²) in [6.45, 7) is 3.88. The Bertz CT molecular complexity index is 645. The van der Waals surface area contributed by atoms with Crippen molar-refractivity contribution < 1.29 is 0 Å². The van der Waals surface area contributed by atoms with Crippen molar-refractivity contribution in [2.45, 2.75) is 0 Å². The molecule has 0 unspecified atom stereocenters. The maximum absolute atomic E-state index is 9.31. The minimum Gasteiger partial charge on any atom is -0.367 e. The van der Waals surface area contributed by atoms with E-state index in [1.165, 1.54) is 0 Å². The van der Waals surface area contributed by atoms with Crippen LogP contribution in [0.4, 0.5) is 5.69 Å². The van der Waals surface area contributed by atoms with E-state index in [0.29, 0.717) is 5.56 Å². The average Bonchev–Trinajstić information content (AvgIpc) is 2.81. The molecular formula is C13H16N6. The summed E-state index contributed by atoms with van der Waals surface area (Å²) in [6, 6.07) is 2.25. The molecule has 2 aromatic rings. The van der Waals surface area contributed by atoms with Gasteiger partial charge in [-0.05, 0) is 7.05 Å². The van der Waals surface area contributed by atoms with Crippen molar-refractivity contribution in [3.05, 3.63) is 18.0 Å². The normalized spacial score (nSPS) is 16.8. The predicted octanol–water partition coefficient (Wildman–Crippen LogP) is 0.592. The number of nitriles is 1. The molecule has 1 saturated heterocycles. The number of fused-ring (bicyclic) bond motifs is 1. The predicted molar refractivity (Wildman–Crippen MR) is 72.9 cm³/mol. The van der Waals surface area contributed by atoms with Crippen molar-refractivity contribution in [2.24, 2.45) is 7.05 Å². The molecule has 0 spiro atoms. The minimum absolute atomic E-state index is 0.630. The molecule has 1 aliphatic heterocycles. The van der Waals surface area contributed by atoms with E-state index in [4.69, 9.17) is 0 Å². The third-order valence-electron chi connectivity index (χ3n) is 3.67. The summed E-state index contributed by atoms with van der Waals surface area (Å²) in [4.78, 5) is 8.89. The van der Waals surface area contributed by atoms with Gasteiger partial charge in [0, 0.05) is 39.4 Å². The number of anilines is 1. The van der Waals surface area contributed by atoms with Crippen molar-refractivity contribution in [3.8, 4) is 6.07 Å². The molecule has 0 N–H and O–H groups in total. The van der Waals surface area contributed by atoms with E-state index in [2.05, 4.69) is 33.0 Å². The highest BCUT2D eigenvalue weighted by Gasteiger charge is 2.21. The molecular weight excluding hydrogens is 240 g/mol. The van der Waals surface area contributed by atoms with Crippen LogP contribution in [0.3, 0.4) is 0 Å². The van der Waals surface area contributed by atoms with Crippen LogP contribution >= 0.6 is 0 Å². The largest absolute Gasteiger partial charge is 0.367 e. The third kappa shape index (κ3) is 1.92. The summed E-state index contributed by atoms with van der Waals surface area (Å²) in [5, 5.41) is 14.5. The Morgan fingerprint density at radius 2 is 1.89 bits per heavy atom. The zero-order valence-corrected chi connectivity index (χ0v) is 11.2. The zero-order valence-electron chi connectivity index (χ0n) is 11.2. The van der Waals surface area contributed by atoms with E-state index >= 15 is 0 Å². The quantitative estimate of drug-likeness (QED) is 0.747. The summed E-state index contributed by atoms with van der Waals surface area (Å²) in [7, 11) is 3.99. The summed E-state index contributed by atoms with van der Waals surface area (Å²) < 4.78 is 1.75. The zero-order chi connectivity index (χ0) is 13.4. The third-order valence-corrected chi connectivity index (χ3v) is 3.67. The molecule has 1 aliphatic rings. The molecule has 6 nitrogen and oxygen atoms in total. The molecule has 19 heavy (non-hydrogen) atoms. The second kappa shape index (κ2) is 4.52. The molecule has 6 heteroatoms. The van der Waals surface area contributed by atoms with E-state index in [-0.39, 0.29) is 0 Å². The highest BCUT2D eigenvalue weighted by atomic mass is 15.3. The van der Waals surface area contributed by atoms with Crippen LogP contribution < -0.4 is 4.90 Å². The SMILES string of the molecule is CN1CCN(c2c(C#N)cnc3c2cnn3C)CC1. The van der Waals surface area contributed by atoms with Gasteiger partial charge in [-0.15, -0.1) is 0 Å². The maximum Gasteiger partial charge on any atom is 0.159 e. The van der Waals surface area contributed by atoms with Crippen LogP contribution in [0.25, 0.3) is 11.0 Å². The second-order valence-electron chi connectivity index (χ2n) is 4.93. The van der Waals surface area contributed by atoms with Gasteiger partial charge in [0.25, 0.3) is 0 Å². The van der Waals surface area contributed by atoms with Gasteiger partial charge in [0.05, 0.1) is 22.8 Å². The fourth-order valence-corrected chi connectivity index (χ4v) is 2.54. The molecule has 0 amide bonds. The van der Waals surface area contributed by atoms with Gasteiger partial charge in [-0.1, -0.05) is 0 Å². The van der Waals surface area contributed by atoms with Gasteiger partial charge in [-0.2, -0.15) is 10.4 Å². The Balaban J connectivity index is 2.12. The first kappa shape index (κ1) is 11.9. The monoisotopic (exact) mass is 256 g/mol. The number of hydrogen-bond donors (Lipinski definition) is 0. The highest BCUT2D eigenvalue weighted by Crippen LogP contribution is 2.29. The van der Waals surface area contributed by atoms with Gasteiger partial charge >= 0.3 is 0 Å². The molecule has 3 heterocycles. The Labute approximate surface area is 111 Å². The molecule has 0 aliphatic carbocycles. The standard InChI is InChI=1S/C13H16N6/c1-17-3-5-19(6-4-17)12-10(7-14)8-15-13-11(12)9-16-18(13)2/h8-9H,3-6H2,1-2H3. The second-order valence-corrected chi connectivity index (χ2v) is 4.93. The molecule has 0 aromatic carbocycles. The number of piperazine rings is 1. The fourth-order valence-electron chi connectivity index (χ4n) is 2.54. The van der Waals surface area contributed by atoms with Crippen LogP contribution in [0.15, 0.2) is 12.4 Å². The van der Waals surface area contributed by atoms with E-state index < -0.39 is 0 Å². The number of hydrogen-bond acceptors (Lipinski definition) is 5. The number of aryl methyl sites for hydroxylation is 1. The van der Waals surface area contributed by atoms with Crippen LogP contribution in [-0.2, 0) is 7.05 Å². The van der Waals surface area contributed by atoms with Crippen molar-refractivity contribution in [1.82, 2.24) is 19.7 Å². The van der Waals surface area contributed by atoms with Crippen LogP contribution in [-0.4, -0.2) is 52.9 Å². The van der Waals surface area contributed by atoms with Crippen molar-refractivity contribution in [1.29, 1.82) is 5.26 Å². The number of pyridine rings is 1. The van der Waals surface area contributed by atoms with Crippen LogP contribution in [0, 0.1) is 11.3 Å². The molecule has 0 saturated carbocycles. The first-order valence-corrected chi connectivity index (χ1v) is 6.35. The molecule has 1 fully saturated rings. The Kier molecular flexibility index (Phi) is 2.84. The molecule has 2 aromatic heterocycles. The van der Waals surface area contributed by atoms with Crippen molar-refractivity contribution in [2.75, 3.05) is 38.1 Å². The van der Waals surface area contributed by atoms with Crippen molar-refractivity contribution >= 4 is 16.7 Å². The fraction of sp³-hybridized carbons (Fsp3) is 0.462. The lowest BCUT2D eigenvalue weighted by Gasteiger charge is -2.34. The van der Waals surface area contributed by atoms with Gasteiger partial charge in [0.1, 0.15) is 6.07 Å². The van der Waals surface area contributed by atoms with E-state index in [0.717, 1.165) is 42.9 Å². The van der Waals surface area contributed by atoms with E-state index in [9.17, 15) is 5.26 Å². The Hall–Kier alpha value is -2.13. The number of aromatic nitrogens is 3. The molecule has 0 atom stereocenters. The molecule has 98 valence electrons. The molecule has 0 bridgehead atoms. The number of nitrogens with zero attached hydrogens (tertiary/aromatic N) is 6. The van der Waals surface area contributed by atoms with E-state index in [1.54, 1.807) is 17.1 Å². The van der Waals surface area contributed by atoms with Gasteiger partial charge in [-0.3, -0.25) is 4.68 Å². The van der Waals surface area contributed by atoms with Crippen LogP contribution in [0.1, 0.15) is 5.56 Å². The van der Waals surface area contributed by atoms with Crippen molar-refractivity contribution in [3.63, 3.8) is 0 Å². The number of rotatable bonds is 1. The average molecular weight is 256 g/mol. The highest BCUT2D eigenvalue weighted by molar-refractivity contribution is 5.92. The maximum atomic E-state index is 9.31. The smallest absolute Gasteiger partial charge is 0.159 e. The van der Waals surface area contributed by atoms with Gasteiger partial charge in [-0.25, -0.2) is 4.98 Å². The van der Waals surface area contributed by atoms with Crippen LogP contribution in [0.2, 0.25) is 0 Å². The van der Waals surface area contributed by atoms with Gasteiger partial charge < -0.3 is 9.80 Å². The summed E-state index contributed by atoms with van der Waals surface area (Å²) in [5.74, 6) is 0. The summed E-state index contributed by atoms with van der Waals surface area (Å²) in [5.41, 5.74) is 2.44. The summed E-state index contributed by atoms with van der Waals surface area (Å²) in [6.07, 6.45) is 3.45. The van der Waals surface area contributed by atoms with Crippen LogP contribution in [0.5, 0.6) is 0 Å². The van der Waals surface area contributed by atoms with E-state index in [1.807, 2.05) is 7.05 Å². The Morgan fingerprint density at radius 1 is 1.16 bits per heavy atom. The first-order chi connectivity index (χ1) is 9.20. The van der Waals surface area contributed by atoms with Gasteiger partial charge in [0.15, 0.2) is 5.65 Å². The first-order valence-electron chi connectivity index (χ1n) is 6.35. The Morgan fingerprint density at radius 3 is 2.58 bits per heavy atom. The van der Waals surface area contributed by atoms with Gasteiger partial charge in [0.2, 0.25) is 0 Å².